The van der Waals surface area contributed by atoms with Crippen LogP contribution in [0.5, 0.6) is 0 Å². The molecule has 0 aliphatic carbocycles. The zero-order chi connectivity index (χ0) is 20.4. The molecule has 148 valence electrons. The molecule has 0 unspecified atom stereocenters. The molecule has 8 nitrogen and oxygen atoms in total. The smallest absolute Gasteiger partial charge is 0.344 e. The molecule has 0 spiro atoms. The maximum atomic E-state index is 12.5. The van der Waals surface area contributed by atoms with Crippen LogP contribution >= 0.6 is 11.8 Å². The maximum absolute atomic E-state index is 12.5. The maximum Gasteiger partial charge on any atom is 0.344 e. The Morgan fingerprint density at radius 1 is 1.37 bits per heavy atom. The Hall–Kier alpha value is -2.55. The van der Waals surface area contributed by atoms with Gasteiger partial charge < -0.3 is 15.0 Å². The van der Waals surface area contributed by atoms with Gasteiger partial charge in [0.2, 0.25) is 0 Å². The van der Waals surface area contributed by atoms with Gasteiger partial charge in [-0.15, -0.1) is 0 Å². The number of carbonyl (C=O) groups excluding carboxylic acids is 1. The summed E-state index contributed by atoms with van der Waals surface area (Å²) in [6, 6.07) is 0. The van der Waals surface area contributed by atoms with Gasteiger partial charge in [0.05, 0.1) is 24.2 Å². The molecule has 9 heteroatoms. The van der Waals surface area contributed by atoms with Crippen LogP contribution in [0.15, 0.2) is 23.8 Å². The minimum atomic E-state index is -0.472. The first-order chi connectivity index (χ1) is 12.9. The van der Waals surface area contributed by atoms with Gasteiger partial charge in [-0.2, -0.15) is 5.10 Å². The zero-order valence-corrected chi connectivity index (χ0v) is 17.8. The summed E-state index contributed by atoms with van der Waals surface area (Å²) in [5.41, 5.74) is 1.51. The average molecular weight is 393 g/mol. The van der Waals surface area contributed by atoms with Crippen LogP contribution in [0, 0.1) is 0 Å². The van der Waals surface area contributed by atoms with Crippen molar-refractivity contribution in [2.75, 3.05) is 32.3 Å². The number of aryl methyl sites for hydroxylation is 1. The van der Waals surface area contributed by atoms with Crippen molar-refractivity contribution in [1.82, 2.24) is 24.6 Å². The molecule has 2 heterocycles. The lowest BCUT2D eigenvalue weighted by Crippen LogP contribution is -2.14. The van der Waals surface area contributed by atoms with Gasteiger partial charge >= 0.3 is 5.97 Å². The topological polar surface area (TPSA) is 85.2 Å². The highest BCUT2D eigenvalue weighted by atomic mass is 32.2. The molecule has 2 aromatic rings. The fraction of sp³-hybridized carbons (Fsp3) is 0.444. The summed E-state index contributed by atoms with van der Waals surface area (Å²) in [5, 5.41) is 7.81. The molecule has 0 aromatic carbocycles. The monoisotopic (exact) mass is 392 g/mol. The van der Waals surface area contributed by atoms with E-state index in [-0.39, 0.29) is 6.61 Å². The number of hydrogen-bond acceptors (Lipinski definition) is 8. The van der Waals surface area contributed by atoms with Gasteiger partial charge in [0.15, 0.2) is 5.16 Å². The standard InChI is InChI=1S/C16H22N6O2S.C2H6/c1-6-24-15(23)13-12(7-8-21(2)3)19-16(25-5)20-14(13)18-11-9-17-22(4)10-11;1-2/h7-10H,6H2,1-5H3,(H,18,19,20);1-2H3/b8-7+;. The lowest BCUT2D eigenvalue weighted by atomic mass is 10.2. The Labute approximate surface area is 165 Å². The second-order valence-corrected chi connectivity index (χ2v) is 6.12. The van der Waals surface area contributed by atoms with Crippen molar-refractivity contribution in [1.29, 1.82) is 0 Å². The highest BCUT2D eigenvalue weighted by molar-refractivity contribution is 7.98. The molecule has 0 atom stereocenters. The Morgan fingerprint density at radius 2 is 2.07 bits per heavy atom. The summed E-state index contributed by atoms with van der Waals surface area (Å²) in [7, 11) is 5.61. The van der Waals surface area contributed by atoms with E-state index in [4.69, 9.17) is 4.74 Å². The van der Waals surface area contributed by atoms with E-state index >= 15 is 0 Å². The van der Waals surface area contributed by atoms with Crippen molar-refractivity contribution < 1.29 is 9.53 Å². The van der Waals surface area contributed by atoms with Crippen molar-refractivity contribution in [3.63, 3.8) is 0 Å². The minimum absolute atomic E-state index is 0.270. The first-order valence-corrected chi connectivity index (χ1v) is 9.90. The van der Waals surface area contributed by atoms with Crippen molar-refractivity contribution in [2.24, 2.45) is 7.05 Å². The van der Waals surface area contributed by atoms with Gasteiger partial charge in [0.1, 0.15) is 11.4 Å². The molecule has 1 N–H and O–H groups in total. The third-order valence-electron chi connectivity index (χ3n) is 3.08. The van der Waals surface area contributed by atoms with Crippen LogP contribution < -0.4 is 5.32 Å². The van der Waals surface area contributed by atoms with Gasteiger partial charge in [0.25, 0.3) is 0 Å². The minimum Gasteiger partial charge on any atom is -0.462 e. The van der Waals surface area contributed by atoms with E-state index < -0.39 is 5.97 Å². The second kappa shape index (κ2) is 11.2. The highest BCUT2D eigenvalue weighted by Crippen LogP contribution is 2.25. The fourth-order valence-corrected chi connectivity index (χ4v) is 2.38. The Kier molecular flexibility index (Phi) is 9.35. The molecule has 0 aliphatic heterocycles. The summed E-state index contributed by atoms with van der Waals surface area (Å²) in [6.45, 7) is 6.03. The van der Waals surface area contributed by atoms with Crippen LogP contribution in [0.25, 0.3) is 6.08 Å². The number of carbonyl (C=O) groups is 1. The quantitative estimate of drug-likeness (QED) is 0.436. The number of ether oxygens (including phenoxy) is 1. The first-order valence-electron chi connectivity index (χ1n) is 8.68. The van der Waals surface area contributed by atoms with E-state index in [1.807, 2.05) is 52.3 Å². The molecule has 0 aliphatic rings. The van der Waals surface area contributed by atoms with Gasteiger partial charge in [-0.05, 0) is 19.3 Å². The molecule has 0 bridgehead atoms. The number of rotatable bonds is 7. The summed E-state index contributed by atoms with van der Waals surface area (Å²) in [4.78, 5) is 23.3. The van der Waals surface area contributed by atoms with E-state index in [1.165, 1.54) is 11.8 Å². The highest BCUT2D eigenvalue weighted by Gasteiger charge is 2.21. The summed E-state index contributed by atoms with van der Waals surface area (Å²) < 4.78 is 6.86. The number of aromatic nitrogens is 4. The van der Waals surface area contributed by atoms with Crippen molar-refractivity contribution in [3.8, 4) is 0 Å². The van der Waals surface area contributed by atoms with Crippen LogP contribution in [-0.4, -0.2) is 57.6 Å². The predicted octanol–water partition coefficient (Wildman–Crippen LogP) is 3.41. The molecule has 0 radical (unpaired) electrons. The van der Waals surface area contributed by atoms with Crippen LogP contribution in [0.4, 0.5) is 11.5 Å². The first kappa shape index (κ1) is 22.5. The molecule has 27 heavy (non-hydrogen) atoms. The van der Waals surface area contributed by atoms with Crippen molar-refractivity contribution >= 4 is 35.3 Å². The summed E-state index contributed by atoms with van der Waals surface area (Å²) >= 11 is 1.40. The largest absolute Gasteiger partial charge is 0.462 e. The van der Waals surface area contributed by atoms with Crippen LogP contribution in [0.2, 0.25) is 0 Å². The van der Waals surface area contributed by atoms with Crippen LogP contribution in [-0.2, 0) is 11.8 Å². The van der Waals surface area contributed by atoms with E-state index in [0.717, 1.165) is 5.69 Å². The number of thioether (sulfide) groups is 1. The Balaban J connectivity index is 0.00000176. The van der Waals surface area contributed by atoms with Crippen molar-refractivity contribution in [2.45, 2.75) is 25.9 Å². The SMILES string of the molecule is CC.CCOC(=O)c1c(/C=C/N(C)C)nc(SC)nc1Nc1cnn(C)c1. The number of hydrogen-bond donors (Lipinski definition) is 1. The number of nitrogens with one attached hydrogen (secondary N) is 1. The molecular formula is C18H28N6O2S. The van der Waals surface area contributed by atoms with Gasteiger partial charge in [-0.1, -0.05) is 25.6 Å². The van der Waals surface area contributed by atoms with Gasteiger partial charge in [0, 0.05) is 33.5 Å². The molecule has 2 rings (SSSR count). The van der Waals surface area contributed by atoms with Gasteiger partial charge in [-0.3, -0.25) is 4.68 Å². The molecule has 2 aromatic heterocycles. The Bertz CT molecular complexity index is 773. The summed E-state index contributed by atoms with van der Waals surface area (Å²) in [6.07, 6.45) is 8.92. The number of anilines is 2. The van der Waals surface area contributed by atoms with Crippen LogP contribution in [0.3, 0.4) is 0 Å². The van der Waals surface area contributed by atoms with Crippen LogP contribution in [0.1, 0.15) is 36.8 Å². The average Bonchev–Trinajstić information content (AvgIpc) is 3.06. The van der Waals surface area contributed by atoms with E-state index in [0.29, 0.717) is 22.2 Å². The number of esters is 1. The molecular weight excluding hydrogens is 364 g/mol. The van der Waals surface area contributed by atoms with E-state index in [2.05, 4.69) is 20.4 Å². The van der Waals surface area contributed by atoms with Gasteiger partial charge in [-0.25, -0.2) is 14.8 Å². The van der Waals surface area contributed by atoms with Crippen molar-refractivity contribution in [3.05, 3.63) is 29.9 Å². The predicted molar refractivity (Wildman–Crippen MR) is 110 cm³/mol. The second-order valence-electron chi connectivity index (χ2n) is 5.35. The van der Waals surface area contributed by atoms with E-state index in [9.17, 15) is 4.79 Å². The molecule has 0 fully saturated rings. The molecule has 0 saturated heterocycles. The third kappa shape index (κ3) is 6.59. The fourth-order valence-electron chi connectivity index (χ4n) is 2.01. The Morgan fingerprint density at radius 3 is 2.59 bits per heavy atom. The number of nitrogens with zero attached hydrogens (tertiary/aromatic N) is 5. The summed E-state index contributed by atoms with van der Waals surface area (Å²) in [5.74, 6) is -0.0795. The zero-order valence-electron chi connectivity index (χ0n) is 17.0. The van der Waals surface area contributed by atoms with E-state index in [1.54, 1.807) is 30.1 Å². The molecule has 0 amide bonds. The third-order valence-corrected chi connectivity index (χ3v) is 3.62. The normalized spacial score (nSPS) is 10.3. The lowest BCUT2D eigenvalue weighted by molar-refractivity contribution is 0.0526. The lowest BCUT2D eigenvalue weighted by Gasteiger charge is -2.13. The molecule has 0 saturated carbocycles.